The largest absolute Gasteiger partial charge is 0.373 e. The van der Waals surface area contributed by atoms with E-state index in [9.17, 15) is 9.59 Å². The first kappa shape index (κ1) is 30.4. The van der Waals surface area contributed by atoms with Gasteiger partial charge in [-0.15, -0.1) is 22.9 Å². The van der Waals surface area contributed by atoms with E-state index < -0.39 is 33.5 Å². The predicted octanol–water partition coefficient (Wildman–Crippen LogP) is 5.97. The molecule has 2 aromatic carbocycles. The van der Waals surface area contributed by atoms with Gasteiger partial charge in [-0.1, -0.05) is 86.1 Å². The third-order valence-electron chi connectivity index (χ3n) is 6.92. The summed E-state index contributed by atoms with van der Waals surface area (Å²) in [5.41, 5.74) is 3.66. The molecule has 0 aliphatic rings. The molecular weight excluding hydrogens is 500 g/mol. The molecule has 0 bridgehead atoms. The van der Waals surface area contributed by atoms with Gasteiger partial charge in [-0.25, -0.2) is 9.59 Å². The average molecular weight is 539 g/mol. The molecule has 0 N–H and O–H groups in total. The van der Waals surface area contributed by atoms with Crippen molar-refractivity contribution in [3.05, 3.63) is 97.4 Å². The van der Waals surface area contributed by atoms with Crippen molar-refractivity contribution in [1.82, 2.24) is 0 Å². The zero-order valence-corrected chi connectivity index (χ0v) is 24.8. The quantitative estimate of drug-likeness (QED) is 0.178. The lowest BCUT2D eigenvalue weighted by Crippen LogP contribution is -2.39. The highest BCUT2D eigenvalue weighted by molar-refractivity contribution is 6.94. The second-order valence-electron chi connectivity index (χ2n) is 10.2. The normalized spacial score (nSPS) is 12.2. The van der Waals surface area contributed by atoms with Crippen molar-refractivity contribution in [1.29, 1.82) is 0 Å². The molecule has 8 heteroatoms. The van der Waals surface area contributed by atoms with Gasteiger partial charge in [0.15, 0.2) is 0 Å². The van der Waals surface area contributed by atoms with Crippen LogP contribution in [0.25, 0.3) is 0 Å². The molecule has 0 aromatic heterocycles. The van der Waals surface area contributed by atoms with E-state index in [-0.39, 0.29) is 6.29 Å². The Kier molecular flexibility index (Phi) is 10.4. The van der Waals surface area contributed by atoms with E-state index in [1.165, 1.54) is 0 Å². The Morgan fingerprint density at radius 2 is 1.03 bits per heavy atom. The number of carbonyl (C=O) groups excluding carboxylic acids is 2. The number of hydrogen-bond acceptors (Lipinski definition) is 6. The molecule has 0 aliphatic heterocycles. The summed E-state index contributed by atoms with van der Waals surface area (Å²) in [4.78, 5) is 45.9. The maximum atomic E-state index is 12.6. The highest BCUT2D eigenvalue weighted by Gasteiger charge is 2.40. The van der Waals surface area contributed by atoms with Crippen LogP contribution in [0.2, 0.25) is 26.2 Å². The van der Waals surface area contributed by atoms with Gasteiger partial charge in [-0.3, -0.25) is 9.78 Å². The third kappa shape index (κ3) is 7.61. The van der Waals surface area contributed by atoms with Gasteiger partial charge >= 0.3 is 18.2 Å². The van der Waals surface area contributed by atoms with Crippen LogP contribution in [0.1, 0.15) is 47.4 Å². The molecule has 0 heterocycles. The van der Waals surface area contributed by atoms with Gasteiger partial charge in [-0.05, 0) is 44.0 Å². The number of benzene rings is 2. The number of hydrogen-bond donors (Lipinski definition) is 0. The lowest BCUT2D eigenvalue weighted by molar-refractivity contribution is -0.381. The van der Waals surface area contributed by atoms with Crippen molar-refractivity contribution in [3.63, 3.8) is 0 Å². The summed E-state index contributed by atoms with van der Waals surface area (Å²) in [6.45, 7) is 24.4. The lowest BCUT2D eigenvalue weighted by atomic mass is 9.84. The molecule has 0 aliphatic carbocycles. The first-order chi connectivity index (χ1) is 17.3. The van der Waals surface area contributed by atoms with Gasteiger partial charge in [0, 0.05) is 5.41 Å². The van der Waals surface area contributed by atoms with Crippen LogP contribution in [0, 0.1) is 18.6 Å². The molecule has 2 radical (unpaired) electrons. The molecule has 2 rings (SSSR count). The van der Waals surface area contributed by atoms with Gasteiger partial charge in [0.25, 0.3) is 0 Å². The van der Waals surface area contributed by atoms with Gasteiger partial charge in [0.05, 0.1) is 11.1 Å². The summed E-state index contributed by atoms with van der Waals surface area (Å²) in [7, 11) is -3.50. The van der Waals surface area contributed by atoms with Crippen molar-refractivity contribution in [3.8, 4) is 0 Å². The molecule has 6 nitrogen and oxygen atoms in total. The minimum Gasteiger partial charge on any atom is -0.289 e. The molecule has 0 spiro atoms. The third-order valence-corrected chi connectivity index (χ3v) is 12.6. The molecular formula is C29H38O6Si2. The van der Waals surface area contributed by atoms with E-state index in [1.807, 2.05) is 49.5 Å². The van der Waals surface area contributed by atoms with Crippen molar-refractivity contribution < 1.29 is 29.1 Å². The first-order valence-corrected chi connectivity index (χ1v) is 18.5. The van der Waals surface area contributed by atoms with Crippen molar-refractivity contribution in [2.45, 2.75) is 52.9 Å². The van der Waals surface area contributed by atoms with E-state index >= 15 is 0 Å². The standard InChI is InChI=1S/C29H38O6Si2/c1-10-29(5,11-2)28(34-32-26(30)22-14-18-24(19-15-22)36(6,7)12-3)35-33-27(31)23-16-20-25(21-17-23)37(8,9)13-4/h12-21H,3-5,10-11H2,1-2,6-9H3. The Labute approximate surface area is 223 Å². The smallest absolute Gasteiger partial charge is 0.289 e. The average Bonchev–Trinajstić information content (AvgIpc) is 2.92. The maximum Gasteiger partial charge on any atom is 0.373 e. The van der Waals surface area contributed by atoms with Crippen LogP contribution in [0.3, 0.4) is 0 Å². The van der Waals surface area contributed by atoms with Crippen molar-refractivity contribution in [2.75, 3.05) is 0 Å². The zero-order chi connectivity index (χ0) is 27.9. The Morgan fingerprint density at radius 1 is 0.703 bits per heavy atom. The topological polar surface area (TPSA) is 71.1 Å². The van der Waals surface area contributed by atoms with Crippen LogP contribution in [-0.2, 0) is 19.6 Å². The molecule has 0 unspecified atom stereocenters. The number of carbonyl (C=O) groups is 2. The van der Waals surface area contributed by atoms with Gasteiger partial charge < -0.3 is 0 Å². The van der Waals surface area contributed by atoms with Crippen LogP contribution < -0.4 is 10.4 Å². The van der Waals surface area contributed by atoms with Gasteiger partial charge in [0.1, 0.15) is 16.1 Å². The fraction of sp³-hybridized carbons (Fsp3) is 0.310. The van der Waals surface area contributed by atoms with E-state index in [2.05, 4.69) is 46.3 Å². The van der Waals surface area contributed by atoms with Gasteiger partial charge in [-0.2, -0.15) is 0 Å². The minimum absolute atomic E-state index is 0.215. The van der Waals surface area contributed by atoms with Crippen molar-refractivity contribution in [2.24, 2.45) is 5.41 Å². The molecule has 37 heavy (non-hydrogen) atoms. The number of rotatable bonds is 13. The monoisotopic (exact) mass is 538 g/mol. The first-order valence-electron chi connectivity index (χ1n) is 12.3. The summed E-state index contributed by atoms with van der Waals surface area (Å²) in [6, 6.07) is 14.3. The Morgan fingerprint density at radius 3 is 1.30 bits per heavy atom. The molecule has 0 saturated heterocycles. The zero-order valence-electron chi connectivity index (χ0n) is 22.8. The highest BCUT2D eigenvalue weighted by atomic mass is 28.3. The minimum atomic E-state index is -1.75. The van der Waals surface area contributed by atoms with Crippen LogP contribution in [0.4, 0.5) is 0 Å². The van der Waals surface area contributed by atoms with Crippen LogP contribution in [-0.4, -0.2) is 28.1 Å². The van der Waals surface area contributed by atoms with Crippen molar-refractivity contribution >= 4 is 38.5 Å². The highest BCUT2D eigenvalue weighted by Crippen LogP contribution is 2.38. The fourth-order valence-electron chi connectivity index (χ4n) is 3.28. The lowest BCUT2D eigenvalue weighted by Gasteiger charge is -2.30. The molecule has 0 saturated carbocycles. The molecule has 198 valence electrons. The summed E-state index contributed by atoms with van der Waals surface area (Å²) < 4.78 is 0. The van der Waals surface area contributed by atoms with E-state index in [0.29, 0.717) is 24.0 Å². The predicted molar refractivity (Wildman–Crippen MR) is 152 cm³/mol. The van der Waals surface area contributed by atoms with E-state index in [0.717, 1.165) is 10.4 Å². The second kappa shape index (κ2) is 12.6. The molecule has 0 fully saturated rings. The maximum absolute atomic E-state index is 12.6. The SMILES string of the molecule is [CH2]C(CC)(CC)[C](OOC(=O)c1ccc([Si](C)(C)C=C)cc1)OOC(=O)c1ccc([Si](C)(C)C=C)cc1. The Hall–Kier alpha value is -2.79. The van der Waals surface area contributed by atoms with E-state index in [1.54, 1.807) is 24.3 Å². The molecule has 0 atom stereocenters. The summed E-state index contributed by atoms with van der Waals surface area (Å²) >= 11 is 0. The van der Waals surface area contributed by atoms with Gasteiger partial charge in [0.2, 0.25) is 0 Å². The Bertz CT molecular complexity index is 1010. The van der Waals surface area contributed by atoms with E-state index in [4.69, 9.17) is 19.6 Å². The summed E-state index contributed by atoms with van der Waals surface area (Å²) in [5, 5.41) is 2.28. The fourth-order valence-corrected chi connectivity index (χ4v) is 5.81. The van der Waals surface area contributed by atoms with Crippen LogP contribution in [0.5, 0.6) is 0 Å². The molecule has 0 amide bonds. The second-order valence-corrected chi connectivity index (χ2v) is 19.0. The molecule has 2 aromatic rings. The Balaban J connectivity index is 2.09. The van der Waals surface area contributed by atoms with Crippen LogP contribution >= 0.6 is 0 Å². The summed E-state index contributed by atoms with van der Waals surface area (Å²) in [5.74, 6) is -1.42. The van der Waals surface area contributed by atoms with Crippen LogP contribution in [0.15, 0.2) is 73.1 Å². The summed E-state index contributed by atoms with van der Waals surface area (Å²) in [6.07, 6.45) is 0.757.